The number of carbonyl (C=O) groups excluding carboxylic acids is 1. The molecule has 0 radical (unpaired) electrons. The third kappa shape index (κ3) is 1.88. The Hall–Kier alpha value is -1.91. The average molecular weight is 225 g/mol. The van der Waals surface area contributed by atoms with Gasteiger partial charge in [0.25, 0.3) is 0 Å². The summed E-state index contributed by atoms with van der Waals surface area (Å²) in [5.74, 6) is -1.63. The summed E-state index contributed by atoms with van der Waals surface area (Å²) in [7, 11) is 1.37. The molecule has 1 N–H and O–H groups in total. The van der Waals surface area contributed by atoms with Crippen molar-refractivity contribution in [3.63, 3.8) is 0 Å². The van der Waals surface area contributed by atoms with Crippen LogP contribution in [0.1, 0.15) is 12.5 Å². The average Bonchev–Trinajstić information content (AvgIpc) is 2.27. The van der Waals surface area contributed by atoms with Crippen LogP contribution in [0, 0.1) is 5.82 Å². The number of hydrogen-bond acceptors (Lipinski definition) is 2. The highest BCUT2D eigenvalue weighted by atomic mass is 19.1. The molecule has 0 bridgehead atoms. The van der Waals surface area contributed by atoms with E-state index >= 15 is 0 Å². The summed E-state index contributed by atoms with van der Waals surface area (Å²) in [6, 6.07) is 5.03. The molecule has 86 valence electrons. The molecule has 0 saturated heterocycles. The number of amides is 1. The van der Waals surface area contributed by atoms with Crippen LogP contribution in [0.15, 0.2) is 24.3 Å². The third-order valence-electron chi connectivity index (χ3n) is 2.69. The lowest BCUT2D eigenvalue weighted by Gasteiger charge is -2.32. The Labute approximate surface area is 92.3 Å². The van der Waals surface area contributed by atoms with E-state index in [-0.39, 0.29) is 0 Å². The molecule has 1 atom stereocenters. The van der Waals surface area contributed by atoms with Crippen LogP contribution < -0.4 is 0 Å². The van der Waals surface area contributed by atoms with E-state index in [1.807, 2.05) is 0 Å². The van der Waals surface area contributed by atoms with E-state index in [1.54, 1.807) is 0 Å². The van der Waals surface area contributed by atoms with Crippen LogP contribution in [0.25, 0.3) is 0 Å². The number of hydrogen-bond donors (Lipinski definition) is 1. The molecule has 0 heterocycles. The summed E-state index contributed by atoms with van der Waals surface area (Å²) in [5.41, 5.74) is -1.15. The van der Waals surface area contributed by atoms with Gasteiger partial charge in [0, 0.05) is 7.05 Å². The van der Waals surface area contributed by atoms with Gasteiger partial charge in [0.1, 0.15) is 5.82 Å². The molecule has 0 aliphatic rings. The van der Waals surface area contributed by atoms with Crippen LogP contribution in [0.5, 0.6) is 0 Å². The van der Waals surface area contributed by atoms with Crippen molar-refractivity contribution >= 4 is 12.4 Å². The van der Waals surface area contributed by atoms with Crippen LogP contribution in [-0.2, 0) is 15.1 Å². The van der Waals surface area contributed by atoms with Crippen molar-refractivity contribution in [3.8, 4) is 0 Å². The summed E-state index contributed by atoms with van der Waals surface area (Å²) >= 11 is 0. The quantitative estimate of drug-likeness (QED) is 0.783. The SMILES string of the molecule is CN(C=O)C(C)(C(=O)O)c1ccc(F)cc1. The van der Waals surface area contributed by atoms with Crippen LogP contribution >= 0.6 is 0 Å². The van der Waals surface area contributed by atoms with Crippen molar-refractivity contribution in [2.75, 3.05) is 7.05 Å². The lowest BCUT2D eigenvalue weighted by molar-refractivity contribution is -0.153. The summed E-state index contributed by atoms with van der Waals surface area (Å²) in [6.45, 7) is 1.39. The highest BCUT2D eigenvalue weighted by Gasteiger charge is 2.39. The number of carbonyl (C=O) groups is 2. The molecular weight excluding hydrogens is 213 g/mol. The molecule has 1 rings (SSSR count). The zero-order valence-corrected chi connectivity index (χ0v) is 8.98. The molecule has 4 nitrogen and oxygen atoms in total. The zero-order chi connectivity index (χ0) is 12.3. The first-order valence-electron chi connectivity index (χ1n) is 4.60. The van der Waals surface area contributed by atoms with Gasteiger partial charge in [-0.05, 0) is 24.6 Å². The maximum absolute atomic E-state index is 12.7. The molecule has 0 saturated carbocycles. The third-order valence-corrected chi connectivity index (χ3v) is 2.69. The molecule has 0 aliphatic carbocycles. The van der Waals surface area contributed by atoms with E-state index in [2.05, 4.69) is 0 Å². The monoisotopic (exact) mass is 225 g/mol. The standard InChI is InChI=1S/C11H12FNO3/c1-11(10(15)16,13(2)7-14)8-3-5-9(12)6-4-8/h3-7H,1-2H3,(H,15,16). The Balaban J connectivity index is 3.26. The molecule has 5 heteroatoms. The van der Waals surface area contributed by atoms with E-state index in [4.69, 9.17) is 5.11 Å². The second kappa shape index (κ2) is 4.30. The fourth-order valence-corrected chi connectivity index (χ4v) is 1.36. The highest BCUT2D eigenvalue weighted by molar-refractivity contribution is 5.82. The molecule has 0 aromatic heterocycles. The number of benzene rings is 1. The summed E-state index contributed by atoms with van der Waals surface area (Å²) in [6.07, 6.45) is 0.428. The minimum Gasteiger partial charge on any atom is -0.479 e. The summed E-state index contributed by atoms with van der Waals surface area (Å²) < 4.78 is 12.7. The van der Waals surface area contributed by atoms with Gasteiger partial charge in [0.2, 0.25) is 6.41 Å². The van der Waals surface area contributed by atoms with Crippen molar-refractivity contribution in [1.29, 1.82) is 0 Å². The Morgan fingerprint density at radius 3 is 2.31 bits per heavy atom. The molecule has 16 heavy (non-hydrogen) atoms. The summed E-state index contributed by atoms with van der Waals surface area (Å²) in [4.78, 5) is 22.9. The predicted molar refractivity (Wildman–Crippen MR) is 55.2 cm³/mol. The van der Waals surface area contributed by atoms with Gasteiger partial charge >= 0.3 is 5.97 Å². The van der Waals surface area contributed by atoms with Crippen LogP contribution in [-0.4, -0.2) is 29.4 Å². The number of carboxylic acids is 1. The first-order valence-corrected chi connectivity index (χ1v) is 4.60. The zero-order valence-electron chi connectivity index (χ0n) is 8.98. The van der Waals surface area contributed by atoms with Gasteiger partial charge in [-0.2, -0.15) is 0 Å². The van der Waals surface area contributed by atoms with Gasteiger partial charge in [-0.15, -0.1) is 0 Å². The van der Waals surface area contributed by atoms with E-state index < -0.39 is 17.3 Å². The highest BCUT2D eigenvalue weighted by Crippen LogP contribution is 2.26. The maximum atomic E-state index is 12.7. The van der Waals surface area contributed by atoms with E-state index in [1.165, 1.54) is 26.1 Å². The minimum atomic E-state index is -1.49. The number of nitrogens with zero attached hydrogens (tertiary/aromatic N) is 1. The van der Waals surface area contributed by atoms with Crippen LogP contribution in [0.3, 0.4) is 0 Å². The van der Waals surface area contributed by atoms with Crippen molar-refractivity contribution in [2.45, 2.75) is 12.5 Å². The second-order valence-corrected chi connectivity index (χ2v) is 3.60. The van der Waals surface area contributed by atoms with Gasteiger partial charge in [-0.25, -0.2) is 9.18 Å². The van der Waals surface area contributed by atoms with E-state index in [0.717, 1.165) is 17.0 Å². The Kier molecular flexibility index (Phi) is 3.27. The Morgan fingerprint density at radius 1 is 1.44 bits per heavy atom. The molecule has 1 amide bonds. The fourth-order valence-electron chi connectivity index (χ4n) is 1.36. The van der Waals surface area contributed by atoms with Crippen molar-refractivity contribution in [2.24, 2.45) is 0 Å². The fraction of sp³-hybridized carbons (Fsp3) is 0.273. The maximum Gasteiger partial charge on any atom is 0.334 e. The first kappa shape index (κ1) is 12.2. The number of likely N-dealkylation sites (N-methyl/N-ethyl adjacent to an activating group) is 1. The number of aliphatic carboxylic acids is 1. The lowest BCUT2D eigenvalue weighted by Crippen LogP contribution is -2.47. The topological polar surface area (TPSA) is 57.6 Å². The molecule has 0 spiro atoms. The molecule has 0 aliphatic heterocycles. The van der Waals surface area contributed by atoms with Gasteiger partial charge in [-0.3, -0.25) is 4.79 Å². The predicted octanol–water partition coefficient (Wildman–Crippen LogP) is 1.21. The molecular formula is C11H12FNO3. The number of carboxylic acid groups (broad SMARTS) is 1. The van der Waals surface area contributed by atoms with Crippen molar-refractivity contribution in [1.82, 2.24) is 4.90 Å². The van der Waals surface area contributed by atoms with Gasteiger partial charge in [0.05, 0.1) is 0 Å². The normalized spacial score (nSPS) is 13.9. The van der Waals surface area contributed by atoms with Gasteiger partial charge in [-0.1, -0.05) is 12.1 Å². The van der Waals surface area contributed by atoms with Gasteiger partial charge in [0.15, 0.2) is 5.54 Å². The molecule has 0 fully saturated rings. The molecule has 1 aromatic rings. The summed E-state index contributed by atoms with van der Waals surface area (Å²) in [5, 5.41) is 9.16. The lowest BCUT2D eigenvalue weighted by atomic mass is 9.91. The number of rotatable bonds is 4. The van der Waals surface area contributed by atoms with E-state index in [9.17, 15) is 14.0 Å². The second-order valence-electron chi connectivity index (χ2n) is 3.60. The van der Waals surface area contributed by atoms with Crippen molar-refractivity contribution < 1.29 is 19.1 Å². The van der Waals surface area contributed by atoms with Crippen molar-refractivity contribution in [3.05, 3.63) is 35.6 Å². The largest absolute Gasteiger partial charge is 0.479 e. The Morgan fingerprint density at radius 2 is 1.94 bits per heavy atom. The van der Waals surface area contributed by atoms with Crippen LogP contribution in [0.4, 0.5) is 4.39 Å². The van der Waals surface area contributed by atoms with Gasteiger partial charge < -0.3 is 10.0 Å². The molecule has 1 unspecified atom stereocenters. The number of halogens is 1. The molecule has 1 aromatic carbocycles. The smallest absolute Gasteiger partial charge is 0.334 e. The van der Waals surface area contributed by atoms with Crippen LogP contribution in [0.2, 0.25) is 0 Å². The first-order chi connectivity index (χ1) is 7.42. The minimum absolute atomic E-state index is 0.344. The Bertz CT molecular complexity index is 404. The van der Waals surface area contributed by atoms with E-state index in [0.29, 0.717) is 12.0 Å².